The van der Waals surface area contributed by atoms with Crippen LogP contribution in [0.15, 0.2) is 12.1 Å². The second-order valence-corrected chi connectivity index (χ2v) is 3.77. The highest BCUT2D eigenvalue weighted by atomic mass is 16.5. The Morgan fingerprint density at radius 2 is 2.31 bits per heavy atom. The fraction of sp³-hybridized carbons (Fsp3) is 0.417. The largest absolute Gasteiger partial charge is 0.496 e. The summed E-state index contributed by atoms with van der Waals surface area (Å²) in [5.74, 6) is -0.0379. The van der Waals surface area contributed by atoms with Crippen molar-refractivity contribution in [3.05, 3.63) is 28.8 Å². The second kappa shape index (κ2) is 4.53. The zero-order chi connectivity index (χ0) is 11.5. The number of methoxy groups -OCH3 is 1. The second-order valence-electron chi connectivity index (χ2n) is 3.77. The Morgan fingerprint density at radius 1 is 1.50 bits per heavy atom. The molecule has 0 radical (unpaired) electrons. The first-order valence-electron chi connectivity index (χ1n) is 5.19. The Bertz CT molecular complexity index is 412. The fourth-order valence-electron chi connectivity index (χ4n) is 2.00. The summed E-state index contributed by atoms with van der Waals surface area (Å²) < 4.78 is 10.6. The highest BCUT2D eigenvalue weighted by Gasteiger charge is 2.19. The van der Waals surface area contributed by atoms with Crippen LogP contribution in [-0.2, 0) is 29.2 Å². The van der Waals surface area contributed by atoms with Gasteiger partial charge in [0.2, 0.25) is 0 Å². The number of rotatable bonds is 4. The molecule has 1 heterocycles. The highest BCUT2D eigenvalue weighted by molar-refractivity contribution is 5.67. The summed E-state index contributed by atoms with van der Waals surface area (Å²) >= 11 is 0. The van der Waals surface area contributed by atoms with Crippen molar-refractivity contribution >= 4 is 5.97 Å². The predicted molar refractivity (Wildman–Crippen MR) is 57.4 cm³/mol. The van der Waals surface area contributed by atoms with Gasteiger partial charge in [-0.2, -0.15) is 0 Å². The molecule has 0 aromatic heterocycles. The lowest BCUT2D eigenvalue weighted by Gasteiger charge is -2.11. The summed E-state index contributed by atoms with van der Waals surface area (Å²) in [7, 11) is 1.60. The van der Waals surface area contributed by atoms with E-state index in [1.54, 1.807) is 7.11 Å². The summed E-state index contributed by atoms with van der Waals surface area (Å²) in [6, 6.07) is 3.86. The van der Waals surface area contributed by atoms with Gasteiger partial charge < -0.3 is 14.6 Å². The molecule has 86 valence electrons. The zero-order valence-corrected chi connectivity index (χ0v) is 9.16. The number of carboxylic acid groups (broad SMARTS) is 1. The van der Waals surface area contributed by atoms with Crippen LogP contribution in [0.4, 0.5) is 0 Å². The molecule has 0 spiro atoms. The average molecular weight is 222 g/mol. The van der Waals surface area contributed by atoms with Crippen LogP contribution in [0, 0.1) is 0 Å². The molecule has 0 unspecified atom stereocenters. The molecule has 1 aliphatic heterocycles. The van der Waals surface area contributed by atoms with Crippen LogP contribution in [0.2, 0.25) is 0 Å². The number of fused-ring (bicyclic) bond motifs is 1. The van der Waals surface area contributed by atoms with Gasteiger partial charge in [0.1, 0.15) is 5.75 Å². The Balaban J connectivity index is 2.32. The van der Waals surface area contributed by atoms with Crippen LogP contribution >= 0.6 is 0 Å². The molecule has 0 saturated heterocycles. The molecule has 16 heavy (non-hydrogen) atoms. The third kappa shape index (κ3) is 2.02. The van der Waals surface area contributed by atoms with E-state index < -0.39 is 5.97 Å². The molecule has 1 N–H and O–H groups in total. The molecule has 1 aromatic carbocycles. The summed E-state index contributed by atoms with van der Waals surface area (Å²) in [4.78, 5) is 10.6. The maximum atomic E-state index is 10.6. The number of hydrogen-bond donors (Lipinski definition) is 1. The summed E-state index contributed by atoms with van der Waals surface area (Å²) in [6.07, 6.45) is 0.609. The van der Waals surface area contributed by atoms with E-state index in [-0.39, 0.29) is 6.42 Å². The Labute approximate surface area is 93.8 Å². The van der Waals surface area contributed by atoms with E-state index in [0.717, 1.165) is 22.4 Å². The van der Waals surface area contributed by atoms with Crippen molar-refractivity contribution in [2.24, 2.45) is 0 Å². The lowest BCUT2D eigenvalue weighted by molar-refractivity contribution is -0.136. The van der Waals surface area contributed by atoms with Gasteiger partial charge in [0.15, 0.2) is 0 Å². The molecule has 1 aromatic rings. The van der Waals surface area contributed by atoms with Crippen molar-refractivity contribution in [2.75, 3.05) is 7.11 Å². The van der Waals surface area contributed by atoms with E-state index in [2.05, 4.69) is 0 Å². The van der Waals surface area contributed by atoms with Gasteiger partial charge in [-0.05, 0) is 23.6 Å². The fourth-order valence-corrected chi connectivity index (χ4v) is 2.00. The molecule has 0 saturated carbocycles. The topological polar surface area (TPSA) is 55.8 Å². The average Bonchev–Trinajstić information content (AvgIpc) is 2.73. The molecule has 4 heteroatoms. The zero-order valence-electron chi connectivity index (χ0n) is 9.16. The van der Waals surface area contributed by atoms with Crippen LogP contribution in [0.1, 0.15) is 23.1 Å². The van der Waals surface area contributed by atoms with Gasteiger partial charge in [-0.15, -0.1) is 0 Å². The minimum atomic E-state index is -0.793. The molecule has 0 amide bonds. The van der Waals surface area contributed by atoms with Crippen molar-refractivity contribution in [1.29, 1.82) is 0 Å². The number of carbonyl (C=O) groups is 1. The van der Waals surface area contributed by atoms with E-state index in [1.165, 1.54) is 0 Å². The number of ether oxygens (including phenoxy) is 2. The molecule has 0 bridgehead atoms. The standard InChI is InChI=1S/C12H14O4/c1-15-11-4-2-8-6-16-7-10(8)9(11)3-5-12(13)14/h2,4H,3,5-7H2,1H3,(H,13,14). The number of aliphatic carboxylic acids is 1. The van der Waals surface area contributed by atoms with Crippen molar-refractivity contribution < 1.29 is 19.4 Å². The van der Waals surface area contributed by atoms with E-state index in [4.69, 9.17) is 14.6 Å². The minimum Gasteiger partial charge on any atom is -0.496 e. The third-order valence-corrected chi connectivity index (χ3v) is 2.80. The molecular weight excluding hydrogens is 208 g/mol. The number of hydrogen-bond acceptors (Lipinski definition) is 3. The summed E-state index contributed by atoms with van der Waals surface area (Å²) in [6.45, 7) is 1.17. The van der Waals surface area contributed by atoms with Gasteiger partial charge in [-0.1, -0.05) is 6.07 Å². The van der Waals surface area contributed by atoms with Gasteiger partial charge in [0.05, 0.1) is 20.3 Å². The Kier molecular flexibility index (Phi) is 3.10. The summed E-state index contributed by atoms with van der Waals surface area (Å²) in [5.41, 5.74) is 3.21. The van der Waals surface area contributed by atoms with Gasteiger partial charge in [0.25, 0.3) is 0 Å². The van der Waals surface area contributed by atoms with Crippen molar-refractivity contribution in [3.8, 4) is 5.75 Å². The molecule has 4 nitrogen and oxygen atoms in total. The van der Waals surface area contributed by atoms with Crippen LogP contribution < -0.4 is 4.74 Å². The summed E-state index contributed by atoms with van der Waals surface area (Å²) in [5, 5.41) is 8.71. The van der Waals surface area contributed by atoms with Gasteiger partial charge >= 0.3 is 5.97 Å². The maximum Gasteiger partial charge on any atom is 0.303 e. The number of benzene rings is 1. The molecule has 1 aliphatic rings. The molecule has 0 aliphatic carbocycles. The molecular formula is C12H14O4. The highest BCUT2D eigenvalue weighted by Crippen LogP contribution is 2.31. The quantitative estimate of drug-likeness (QED) is 0.843. The van der Waals surface area contributed by atoms with Gasteiger partial charge in [0, 0.05) is 12.0 Å². The van der Waals surface area contributed by atoms with Crippen molar-refractivity contribution in [1.82, 2.24) is 0 Å². The Morgan fingerprint density at radius 3 is 3.00 bits per heavy atom. The van der Waals surface area contributed by atoms with Crippen LogP contribution in [0.3, 0.4) is 0 Å². The molecule has 0 fully saturated rings. The third-order valence-electron chi connectivity index (χ3n) is 2.80. The predicted octanol–water partition coefficient (Wildman–Crippen LogP) is 1.74. The van der Waals surface area contributed by atoms with Gasteiger partial charge in [-0.3, -0.25) is 4.79 Å². The minimum absolute atomic E-state index is 0.118. The normalized spacial score (nSPS) is 13.6. The van der Waals surface area contributed by atoms with Crippen LogP contribution in [-0.4, -0.2) is 18.2 Å². The maximum absolute atomic E-state index is 10.6. The Hall–Kier alpha value is -1.55. The first-order valence-corrected chi connectivity index (χ1v) is 5.19. The smallest absolute Gasteiger partial charge is 0.303 e. The van der Waals surface area contributed by atoms with E-state index in [0.29, 0.717) is 19.6 Å². The number of carboxylic acids is 1. The monoisotopic (exact) mass is 222 g/mol. The van der Waals surface area contributed by atoms with E-state index >= 15 is 0 Å². The van der Waals surface area contributed by atoms with Crippen molar-refractivity contribution in [3.63, 3.8) is 0 Å². The molecule has 0 atom stereocenters. The van der Waals surface area contributed by atoms with Gasteiger partial charge in [-0.25, -0.2) is 0 Å². The lowest BCUT2D eigenvalue weighted by atomic mass is 9.98. The lowest BCUT2D eigenvalue weighted by Crippen LogP contribution is -2.03. The van der Waals surface area contributed by atoms with E-state index in [9.17, 15) is 4.79 Å². The van der Waals surface area contributed by atoms with Crippen LogP contribution in [0.5, 0.6) is 5.75 Å². The van der Waals surface area contributed by atoms with Crippen molar-refractivity contribution in [2.45, 2.75) is 26.1 Å². The van der Waals surface area contributed by atoms with E-state index in [1.807, 2.05) is 12.1 Å². The first kappa shape index (κ1) is 11.0. The van der Waals surface area contributed by atoms with Crippen LogP contribution in [0.25, 0.3) is 0 Å². The molecule has 2 rings (SSSR count). The SMILES string of the molecule is COc1ccc2c(c1CCC(=O)O)COC2. The first-order chi connectivity index (χ1) is 7.72.